The van der Waals surface area contributed by atoms with Crippen LogP contribution in [0.1, 0.15) is 60.0 Å². The van der Waals surface area contributed by atoms with Gasteiger partial charge in [0, 0.05) is 6.92 Å². The minimum Gasteiger partial charge on any atom is -0.462 e. The van der Waals surface area contributed by atoms with Crippen molar-refractivity contribution in [3.05, 3.63) is 57.5 Å². The van der Waals surface area contributed by atoms with Crippen LogP contribution in [0.2, 0.25) is 0 Å². The molecule has 2 aromatic rings. The number of unbranched alkanes of at least 4 members (excludes halogenated alkanes) is 1. The Kier molecular flexibility index (Phi) is 6.22. The maximum absolute atomic E-state index is 12.6. The lowest BCUT2D eigenvalue weighted by atomic mass is 10.1. The lowest BCUT2D eigenvalue weighted by Gasteiger charge is -2.10. The molecule has 0 spiro atoms. The minimum absolute atomic E-state index is 0.0395. The maximum Gasteiger partial charge on any atom is 0.343 e. The molecule has 0 saturated heterocycles. The highest BCUT2D eigenvalue weighted by molar-refractivity contribution is 5.96. The van der Waals surface area contributed by atoms with Gasteiger partial charge in [-0.1, -0.05) is 25.5 Å². The summed E-state index contributed by atoms with van der Waals surface area (Å²) in [4.78, 5) is 36.3. The van der Waals surface area contributed by atoms with E-state index in [2.05, 4.69) is 12.0 Å². The van der Waals surface area contributed by atoms with Crippen LogP contribution in [0.25, 0.3) is 5.69 Å². The minimum atomic E-state index is -0.759. The Hall–Kier alpha value is -2.76. The van der Waals surface area contributed by atoms with Crippen LogP contribution in [0.15, 0.2) is 35.1 Å². The third-order valence-corrected chi connectivity index (χ3v) is 3.77. The number of hydrogen-bond acceptors (Lipinski definition) is 5. The lowest BCUT2D eigenvalue weighted by molar-refractivity contribution is 0.0523. The topological polar surface area (TPSA) is 78.3 Å². The van der Waals surface area contributed by atoms with Gasteiger partial charge in [0.1, 0.15) is 11.3 Å². The Morgan fingerprint density at radius 1 is 1.16 bits per heavy atom. The summed E-state index contributed by atoms with van der Waals surface area (Å²) < 4.78 is 5.98. The third kappa shape index (κ3) is 4.41. The third-order valence-electron chi connectivity index (χ3n) is 3.77. The number of ketones is 1. The summed E-state index contributed by atoms with van der Waals surface area (Å²) in [7, 11) is 0. The summed E-state index contributed by atoms with van der Waals surface area (Å²) in [5.74, 6) is -1.09. The number of hydrogen-bond donors (Lipinski definition) is 0. The van der Waals surface area contributed by atoms with Crippen molar-refractivity contribution in [2.45, 2.75) is 40.0 Å². The van der Waals surface area contributed by atoms with E-state index in [1.54, 1.807) is 19.1 Å². The molecule has 0 saturated carbocycles. The predicted molar refractivity (Wildman–Crippen MR) is 94.4 cm³/mol. The van der Waals surface area contributed by atoms with Gasteiger partial charge in [0.15, 0.2) is 5.78 Å². The smallest absolute Gasteiger partial charge is 0.343 e. The first-order chi connectivity index (χ1) is 12.0. The fourth-order valence-corrected chi connectivity index (χ4v) is 2.38. The second-order valence-corrected chi connectivity index (χ2v) is 5.71. The van der Waals surface area contributed by atoms with E-state index in [0.717, 1.165) is 29.5 Å². The SMILES string of the molecule is CCCCc1ccc(-n2nc(C(C)=O)cc(C(=O)OCC)c2=O)cc1. The molecule has 0 atom stereocenters. The molecule has 0 unspecified atom stereocenters. The monoisotopic (exact) mass is 342 g/mol. The van der Waals surface area contributed by atoms with Gasteiger partial charge in [-0.2, -0.15) is 9.78 Å². The average Bonchev–Trinajstić information content (AvgIpc) is 2.60. The van der Waals surface area contributed by atoms with Crippen molar-refractivity contribution in [2.75, 3.05) is 6.61 Å². The van der Waals surface area contributed by atoms with E-state index in [9.17, 15) is 14.4 Å². The molecule has 0 fully saturated rings. The summed E-state index contributed by atoms with van der Waals surface area (Å²) in [6.45, 7) is 5.25. The molecule has 0 bridgehead atoms. The molecule has 0 radical (unpaired) electrons. The second-order valence-electron chi connectivity index (χ2n) is 5.71. The number of carbonyl (C=O) groups excluding carboxylic acids is 2. The Morgan fingerprint density at radius 2 is 1.84 bits per heavy atom. The zero-order chi connectivity index (χ0) is 18.4. The second kappa shape index (κ2) is 8.37. The highest BCUT2D eigenvalue weighted by Crippen LogP contribution is 2.11. The number of esters is 1. The van der Waals surface area contributed by atoms with Crippen molar-refractivity contribution in [3.63, 3.8) is 0 Å². The van der Waals surface area contributed by atoms with Crippen LogP contribution in [-0.4, -0.2) is 28.1 Å². The predicted octanol–water partition coefficient (Wildman–Crippen LogP) is 2.95. The lowest BCUT2D eigenvalue weighted by Crippen LogP contribution is -2.30. The van der Waals surface area contributed by atoms with Crippen LogP contribution in [0.5, 0.6) is 0 Å². The molecule has 6 heteroatoms. The number of aryl methyl sites for hydroxylation is 1. The number of nitrogens with zero attached hydrogens (tertiary/aromatic N) is 2. The molecule has 2 rings (SSSR count). The number of carbonyl (C=O) groups is 2. The van der Waals surface area contributed by atoms with E-state index in [0.29, 0.717) is 5.69 Å². The van der Waals surface area contributed by atoms with Gasteiger partial charge in [-0.25, -0.2) is 4.79 Å². The molecule has 1 aromatic carbocycles. The largest absolute Gasteiger partial charge is 0.462 e. The van der Waals surface area contributed by atoms with Gasteiger partial charge < -0.3 is 4.74 Å². The van der Waals surface area contributed by atoms with Crippen LogP contribution in [0.4, 0.5) is 0 Å². The van der Waals surface area contributed by atoms with Crippen LogP contribution in [-0.2, 0) is 11.2 Å². The quantitative estimate of drug-likeness (QED) is 0.571. The molecular formula is C19H22N2O4. The first kappa shape index (κ1) is 18.6. The van der Waals surface area contributed by atoms with Crippen LogP contribution >= 0.6 is 0 Å². The number of rotatable bonds is 7. The van der Waals surface area contributed by atoms with Crippen molar-refractivity contribution in [1.29, 1.82) is 0 Å². The van der Waals surface area contributed by atoms with Crippen molar-refractivity contribution in [2.24, 2.45) is 0 Å². The van der Waals surface area contributed by atoms with E-state index >= 15 is 0 Å². The molecule has 0 aliphatic carbocycles. The summed E-state index contributed by atoms with van der Waals surface area (Å²) in [5, 5.41) is 4.08. The summed E-state index contributed by atoms with van der Waals surface area (Å²) in [6, 6.07) is 8.55. The summed E-state index contributed by atoms with van der Waals surface area (Å²) >= 11 is 0. The Bertz CT molecular complexity index is 822. The molecule has 0 amide bonds. The summed E-state index contributed by atoms with van der Waals surface area (Å²) in [5.41, 5.74) is 0.894. The normalized spacial score (nSPS) is 10.5. The van der Waals surface area contributed by atoms with E-state index in [4.69, 9.17) is 4.74 Å². The van der Waals surface area contributed by atoms with E-state index in [1.807, 2.05) is 12.1 Å². The maximum atomic E-state index is 12.6. The van der Waals surface area contributed by atoms with Crippen LogP contribution in [0.3, 0.4) is 0 Å². The van der Waals surface area contributed by atoms with E-state index < -0.39 is 11.5 Å². The van der Waals surface area contributed by atoms with Crippen molar-refractivity contribution in [1.82, 2.24) is 9.78 Å². The standard InChI is InChI=1S/C19H22N2O4/c1-4-6-7-14-8-10-15(11-9-14)21-18(23)16(19(24)25-5-2)12-17(20-21)13(3)22/h8-12H,4-7H2,1-3H3. The zero-order valence-corrected chi connectivity index (χ0v) is 14.7. The van der Waals surface area contributed by atoms with E-state index in [-0.39, 0.29) is 23.6 Å². The first-order valence-corrected chi connectivity index (χ1v) is 8.39. The Morgan fingerprint density at radius 3 is 2.40 bits per heavy atom. The molecular weight excluding hydrogens is 320 g/mol. The van der Waals surface area contributed by atoms with Gasteiger partial charge >= 0.3 is 5.97 Å². The molecule has 1 heterocycles. The molecule has 132 valence electrons. The van der Waals surface area contributed by atoms with Gasteiger partial charge in [-0.3, -0.25) is 9.59 Å². The number of aromatic nitrogens is 2. The molecule has 1 aromatic heterocycles. The van der Waals surface area contributed by atoms with Crippen molar-refractivity contribution >= 4 is 11.8 Å². The van der Waals surface area contributed by atoms with Gasteiger partial charge in [0.05, 0.1) is 12.3 Å². The van der Waals surface area contributed by atoms with Gasteiger partial charge in [-0.05, 0) is 43.5 Å². The first-order valence-electron chi connectivity index (χ1n) is 8.39. The fraction of sp³-hybridized carbons (Fsp3) is 0.368. The molecule has 0 aliphatic rings. The number of ether oxygens (including phenoxy) is 1. The molecule has 0 N–H and O–H groups in total. The molecule has 0 aliphatic heterocycles. The van der Waals surface area contributed by atoms with Crippen molar-refractivity contribution < 1.29 is 14.3 Å². The zero-order valence-electron chi connectivity index (χ0n) is 14.7. The van der Waals surface area contributed by atoms with E-state index in [1.165, 1.54) is 13.0 Å². The number of Topliss-reactive ketones (excluding diaryl/α,β-unsaturated/α-hetero) is 1. The molecule has 6 nitrogen and oxygen atoms in total. The van der Waals surface area contributed by atoms with Crippen molar-refractivity contribution in [3.8, 4) is 5.69 Å². The van der Waals surface area contributed by atoms with Gasteiger partial charge in [0.2, 0.25) is 0 Å². The summed E-state index contributed by atoms with van der Waals surface area (Å²) in [6.07, 6.45) is 3.15. The Balaban J connectivity index is 2.50. The van der Waals surface area contributed by atoms with Crippen LogP contribution in [0, 0.1) is 0 Å². The molecule has 25 heavy (non-hydrogen) atoms. The van der Waals surface area contributed by atoms with Gasteiger partial charge in [0.25, 0.3) is 5.56 Å². The number of benzene rings is 1. The Labute approximate surface area is 146 Å². The fourth-order valence-electron chi connectivity index (χ4n) is 2.38. The van der Waals surface area contributed by atoms with Gasteiger partial charge in [-0.15, -0.1) is 0 Å². The highest BCUT2D eigenvalue weighted by Gasteiger charge is 2.19. The van der Waals surface area contributed by atoms with Crippen LogP contribution < -0.4 is 5.56 Å². The highest BCUT2D eigenvalue weighted by atomic mass is 16.5. The average molecular weight is 342 g/mol.